The summed E-state index contributed by atoms with van der Waals surface area (Å²) in [5, 5.41) is 12.5. The van der Waals surface area contributed by atoms with E-state index in [4.69, 9.17) is 16.9 Å². The summed E-state index contributed by atoms with van der Waals surface area (Å²) >= 11 is 5.82. The van der Waals surface area contributed by atoms with Gasteiger partial charge in [-0.2, -0.15) is 5.26 Å². The van der Waals surface area contributed by atoms with Crippen molar-refractivity contribution in [1.82, 2.24) is 10.0 Å². The zero-order valence-electron chi connectivity index (χ0n) is 10.9. The van der Waals surface area contributed by atoms with E-state index in [0.717, 1.165) is 25.9 Å². The van der Waals surface area contributed by atoms with Gasteiger partial charge in [0.25, 0.3) is 0 Å². The van der Waals surface area contributed by atoms with Crippen molar-refractivity contribution in [3.05, 3.63) is 28.8 Å². The van der Waals surface area contributed by atoms with Crippen molar-refractivity contribution in [3.63, 3.8) is 0 Å². The van der Waals surface area contributed by atoms with Crippen LogP contribution >= 0.6 is 11.6 Å². The molecule has 1 saturated heterocycles. The first kappa shape index (κ1) is 15.3. The number of nitrogens with one attached hydrogen (secondary N) is 2. The number of hydrogen-bond donors (Lipinski definition) is 2. The highest BCUT2D eigenvalue weighted by Gasteiger charge is 2.21. The predicted octanol–water partition coefficient (Wildman–Crippen LogP) is 1.49. The largest absolute Gasteiger partial charge is 0.316 e. The first-order valence-corrected chi connectivity index (χ1v) is 8.29. The van der Waals surface area contributed by atoms with Crippen molar-refractivity contribution < 1.29 is 8.42 Å². The average Bonchev–Trinajstić information content (AvgIpc) is 2.46. The Bertz CT molecular complexity index is 619. The van der Waals surface area contributed by atoms with Crippen LogP contribution in [0.25, 0.3) is 0 Å². The van der Waals surface area contributed by atoms with E-state index >= 15 is 0 Å². The van der Waals surface area contributed by atoms with E-state index in [0.29, 0.717) is 11.6 Å². The van der Waals surface area contributed by atoms with E-state index in [1.165, 1.54) is 18.2 Å². The van der Waals surface area contributed by atoms with Gasteiger partial charge in [0.15, 0.2) is 0 Å². The maximum Gasteiger partial charge on any atom is 0.241 e. The third kappa shape index (κ3) is 3.70. The fourth-order valence-electron chi connectivity index (χ4n) is 2.21. The molecule has 0 spiro atoms. The van der Waals surface area contributed by atoms with Gasteiger partial charge in [0, 0.05) is 11.6 Å². The summed E-state index contributed by atoms with van der Waals surface area (Å²) in [6.07, 6.45) is 2.04. The number of hydrogen-bond acceptors (Lipinski definition) is 4. The molecule has 1 aliphatic rings. The Morgan fingerprint density at radius 2 is 2.30 bits per heavy atom. The second-order valence-corrected chi connectivity index (χ2v) is 6.99. The summed E-state index contributed by atoms with van der Waals surface area (Å²) in [6.45, 7) is 2.16. The van der Waals surface area contributed by atoms with Gasteiger partial charge in [-0.05, 0) is 50.0 Å². The maximum absolute atomic E-state index is 12.3. The van der Waals surface area contributed by atoms with Gasteiger partial charge in [0.2, 0.25) is 10.0 Å². The normalized spacial score (nSPS) is 19.5. The summed E-state index contributed by atoms with van der Waals surface area (Å²) in [7, 11) is -3.71. The van der Waals surface area contributed by atoms with Crippen LogP contribution in [-0.4, -0.2) is 28.1 Å². The molecular weight excluding hydrogens is 298 g/mol. The Morgan fingerprint density at radius 1 is 1.50 bits per heavy atom. The fraction of sp³-hybridized carbons (Fsp3) is 0.462. The lowest BCUT2D eigenvalue weighted by Crippen LogP contribution is -2.38. The van der Waals surface area contributed by atoms with Crippen molar-refractivity contribution >= 4 is 21.6 Å². The van der Waals surface area contributed by atoms with Crippen molar-refractivity contribution in [3.8, 4) is 6.07 Å². The molecule has 1 aliphatic heterocycles. The van der Waals surface area contributed by atoms with Crippen LogP contribution in [0, 0.1) is 17.2 Å². The lowest BCUT2D eigenvalue weighted by Gasteiger charge is -2.22. The van der Waals surface area contributed by atoms with Gasteiger partial charge < -0.3 is 5.32 Å². The lowest BCUT2D eigenvalue weighted by molar-refractivity contribution is 0.376. The van der Waals surface area contributed by atoms with Crippen molar-refractivity contribution in [1.29, 1.82) is 5.26 Å². The zero-order chi connectivity index (χ0) is 14.6. The first-order chi connectivity index (χ1) is 9.53. The van der Waals surface area contributed by atoms with Crippen LogP contribution in [0.4, 0.5) is 0 Å². The highest BCUT2D eigenvalue weighted by Crippen LogP contribution is 2.20. The molecule has 108 valence electrons. The molecule has 0 aromatic heterocycles. The summed E-state index contributed by atoms with van der Waals surface area (Å²) in [5.41, 5.74) is 0.101. The zero-order valence-corrected chi connectivity index (χ0v) is 12.5. The molecule has 1 heterocycles. The fourth-order valence-corrected chi connectivity index (χ4v) is 3.75. The SMILES string of the molecule is N#Cc1ccc(Cl)cc1S(=O)(=O)NCC1CCCNC1. The average molecular weight is 314 g/mol. The molecule has 1 aromatic rings. The molecule has 1 fully saturated rings. The second-order valence-electron chi connectivity index (χ2n) is 4.82. The maximum atomic E-state index is 12.3. The number of rotatable bonds is 4. The molecular formula is C13H16ClN3O2S. The molecule has 20 heavy (non-hydrogen) atoms. The summed E-state index contributed by atoms with van der Waals surface area (Å²) in [4.78, 5) is -0.0590. The number of sulfonamides is 1. The Balaban J connectivity index is 2.14. The summed E-state index contributed by atoms with van der Waals surface area (Å²) in [5.74, 6) is 0.281. The standard InChI is InChI=1S/C13H16ClN3O2S/c14-12-4-3-11(7-15)13(6-12)20(18,19)17-9-10-2-1-5-16-8-10/h3-4,6,10,16-17H,1-2,5,8-9H2. The molecule has 0 radical (unpaired) electrons. The van der Waals surface area contributed by atoms with Crippen molar-refractivity contribution in [2.75, 3.05) is 19.6 Å². The number of nitriles is 1. The van der Waals surface area contributed by atoms with Gasteiger partial charge in [0.05, 0.1) is 5.56 Å². The Morgan fingerprint density at radius 3 is 2.95 bits per heavy atom. The van der Waals surface area contributed by atoms with Crippen LogP contribution in [0.5, 0.6) is 0 Å². The summed E-state index contributed by atoms with van der Waals surface area (Å²) in [6, 6.07) is 6.10. The Labute approximate surface area is 124 Å². The molecule has 5 nitrogen and oxygen atoms in total. The van der Waals surface area contributed by atoms with Gasteiger partial charge in [-0.15, -0.1) is 0 Å². The monoisotopic (exact) mass is 313 g/mol. The van der Waals surface area contributed by atoms with Crippen LogP contribution in [0.1, 0.15) is 18.4 Å². The van der Waals surface area contributed by atoms with Crippen LogP contribution in [0.3, 0.4) is 0 Å². The van der Waals surface area contributed by atoms with Crippen LogP contribution in [0.2, 0.25) is 5.02 Å². The van der Waals surface area contributed by atoms with Crippen LogP contribution < -0.4 is 10.0 Å². The van der Waals surface area contributed by atoms with Crippen molar-refractivity contribution in [2.45, 2.75) is 17.7 Å². The number of piperidine rings is 1. The van der Waals surface area contributed by atoms with E-state index in [1.54, 1.807) is 0 Å². The second kappa shape index (κ2) is 6.55. The molecule has 1 aromatic carbocycles. The molecule has 1 atom stereocenters. The smallest absolute Gasteiger partial charge is 0.241 e. The molecule has 0 bridgehead atoms. The van der Waals surface area contributed by atoms with E-state index in [-0.39, 0.29) is 16.4 Å². The van der Waals surface area contributed by atoms with Gasteiger partial charge in [0.1, 0.15) is 11.0 Å². The molecule has 7 heteroatoms. The van der Waals surface area contributed by atoms with E-state index in [2.05, 4.69) is 10.0 Å². The molecule has 2 rings (SSSR count). The minimum atomic E-state index is -3.71. The van der Waals surface area contributed by atoms with E-state index in [1.807, 2.05) is 6.07 Å². The highest BCUT2D eigenvalue weighted by molar-refractivity contribution is 7.89. The lowest BCUT2D eigenvalue weighted by atomic mass is 10.0. The number of benzene rings is 1. The predicted molar refractivity (Wildman–Crippen MR) is 76.9 cm³/mol. The van der Waals surface area contributed by atoms with Crippen LogP contribution in [-0.2, 0) is 10.0 Å². The molecule has 0 amide bonds. The van der Waals surface area contributed by atoms with Gasteiger partial charge >= 0.3 is 0 Å². The Kier molecular flexibility index (Phi) is 5.00. The number of nitrogens with zero attached hydrogens (tertiary/aromatic N) is 1. The number of halogens is 1. The minimum absolute atomic E-state index is 0.0590. The molecule has 2 N–H and O–H groups in total. The molecule has 0 saturated carbocycles. The van der Waals surface area contributed by atoms with Crippen LogP contribution in [0.15, 0.2) is 23.1 Å². The Hall–Kier alpha value is -1.13. The molecule has 1 unspecified atom stereocenters. The third-order valence-corrected chi connectivity index (χ3v) is 5.01. The minimum Gasteiger partial charge on any atom is -0.316 e. The third-order valence-electron chi connectivity index (χ3n) is 3.31. The highest BCUT2D eigenvalue weighted by atomic mass is 35.5. The van der Waals surface area contributed by atoms with Gasteiger partial charge in [-0.25, -0.2) is 13.1 Å². The van der Waals surface area contributed by atoms with Gasteiger partial charge in [-0.3, -0.25) is 0 Å². The van der Waals surface area contributed by atoms with Crippen molar-refractivity contribution in [2.24, 2.45) is 5.92 Å². The summed E-state index contributed by atoms with van der Waals surface area (Å²) < 4.78 is 27.1. The van der Waals surface area contributed by atoms with Gasteiger partial charge in [-0.1, -0.05) is 11.6 Å². The van der Waals surface area contributed by atoms with E-state index < -0.39 is 10.0 Å². The quantitative estimate of drug-likeness (QED) is 0.882. The first-order valence-electron chi connectivity index (χ1n) is 6.43. The van der Waals surface area contributed by atoms with E-state index in [9.17, 15) is 8.42 Å². The topological polar surface area (TPSA) is 82.0 Å². The molecule has 0 aliphatic carbocycles.